The summed E-state index contributed by atoms with van der Waals surface area (Å²) in [5.41, 5.74) is -0.210. The van der Waals surface area contributed by atoms with E-state index in [0.717, 1.165) is 12.5 Å². The molecule has 0 heterocycles. The summed E-state index contributed by atoms with van der Waals surface area (Å²) < 4.78 is 0. The van der Waals surface area contributed by atoms with Crippen LogP contribution in [0.3, 0.4) is 0 Å². The van der Waals surface area contributed by atoms with E-state index in [1.807, 2.05) is 0 Å². The van der Waals surface area contributed by atoms with E-state index < -0.39 is 4.92 Å². The number of rotatable bonds is 5. The van der Waals surface area contributed by atoms with Crippen molar-refractivity contribution in [3.8, 4) is 0 Å². The van der Waals surface area contributed by atoms with Crippen LogP contribution in [0.15, 0.2) is 12.1 Å². The lowest BCUT2D eigenvalue weighted by molar-refractivity contribution is -0.384. The Kier molecular flexibility index (Phi) is 4.27. The molecule has 0 saturated heterocycles. The molecule has 1 N–H and O–H groups in total. The third-order valence-electron chi connectivity index (χ3n) is 3.00. The van der Waals surface area contributed by atoms with Gasteiger partial charge < -0.3 is 5.32 Å². The van der Waals surface area contributed by atoms with Crippen molar-refractivity contribution in [3.63, 3.8) is 0 Å². The summed E-state index contributed by atoms with van der Waals surface area (Å²) in [6, 6.07) is 2.48. The molecule has 1 fully saturated rings. The van der Waals surface area contributed by atoms with Gasteiger partial charge in [0.25, 0.3) is 11.6 Å². The Morgan fingerprint density at radius 2 is 2.11 bits per heavy atom. The highest BCUT2D eigenvalue weighted by molar-refractivity contribution is 6.43. The first-order valence-corrected chi connectivity index (χ1v) is 6.66. The van der Waals surface area contributed by atoms with Gasteiger partial charge in [-0.1, -0.05) is 36.0 Å². The van der Waals surface area contributed by atoms with Gasteiger partial charge in [-0.25, -0.2) is 0 Å². The molecule has 1 aromatic carbocycles. The molecule has 1 saturated carbocycles. The molecule has 0 aliphatic heterocycles. The maximum absolute atomic E-state index is 11.8. The smallest absolute Gasteiger partial charge is 0.290 e. The van der Waals surface area contributed by atoms with E-state index in [-0.39, 0.29) is 27.2 Å². The Bertz CT molecular complexity index is 530. The average molecular weight is 303 g/mol. The van der Waals surface area contributed by atoms with Crippen LogP contribution in [-0.4, -0.2) is 17.4 Å². The molecule has 0 unspecified atom stereocenters. The van der Waals surface area contributed by atoms with E-state index in [4.69, 9.17) is 23.2 Å². The van der Waals surface area contributed by atoms with Gasteiger partial charge in [0.05, 0.1) is 9.95 Å². The SMILES string of the molecule is O=C(NCCC1CC1)c1cc(Cl)c(Cl)c([N+](=O)[O-])c1. The van der Waals surface area contributed by atoms with E-state index >= 15 is 0 Å². The molecule has 102 valence electrons. The van der Waals surface area contributed by atoms with E-state index in [2.05, 4.69) is 5.32 Å². The van der Waals surface area contributed by atoms with Gasteiger partial charge in [0, 0.05) is 18.2 Å². The van der Waals surface area contributed by atoms with Crippen LogP contribution in [0.25, 0.3) is 0 Å². The fourth-order valence-corrected chi connectivity index (χ4v) is 2.13. The van der Waals surface area contributed by atoms with Crippen LogP contribution in [0, 0.1) is 16.0 Å². The number of carbonyl (C=O) groups is 1. The first kappa shape index (κ1) is 14.1. The van der Waals surface area contributed by atoms with Crippen molar-refractivity contribution in [2.75, 3.05) is 6.54 Å². The van der Waals surface area contributed by atoms with E-state index in [0.29, 0.717) is 12.5 Å². The lowest BCUT2D eigenvalue weighted by Crippen LogP contribution is -2.24. The molecule has 5 nitrogen and oxygen atoms in total. The number of amides is 1. The number of hydrogen-bond donors (Lipinski definition) is 1. The van der Waals surface area contributed by atoms with Gasteiger partial charge >= 0.3 is 0 Å². The van der Waals surface area contributed by atoms with Crippen LogP contribution in [-0.2, 0) is 0 Å². The second-order valence-corrected chi connectivity index (χ2v) is 5.32. The van der Waals surface area contributed by atoms with Crippen LogP contribution >= 0.6 is 23.2 Å². The minimum Gasteiger partial charge on any atom is -0.352 e. The van der Waals surface area contributed by atoms with Gasteiger partial charge in [0.15, 0.2) is 0 Å². The molecular formula is C12H12Cl2N2O3. The predicted octanol–water partition coefficient (Wildman–Crippen LogP) is 3.43. The van der Waals surface area contributed by atoms with Gasteiger partial charge in [-0.15, -0.1) is 0 Å². The van der Waals surface area contributed by atoms with E-state index in [1.54, 1.807) is 0 Å². The van der Waals surface area contributed by atoms with Gasteiger partial charge in [-0.3, -0.25) is 14.9 Å². The zero-order chi connectivity index (χ0) is 14.0. The van der Waals surface area contributed by atoms with Crippen molar-refractivity contribution in [1.29, 1.82) is 0 Å². The Morgan fingerprint density at radius 1 is 1.42 bits per heavy atom. The quantitative estimate of drug-likeness (QED) is 0.669. The van der Waals surface area contributed by atoms with E-state index in [9.17, 15) is 14.9 Å². The lowest BCUT2D eigenvalue weighted by Gasteiger charge is -2.06. The first-order valence-electron chi connectivity index (χ1n) is 5.90. The summed E-state index contributed by atoms with van der Waals surface area (Å²) >= 11 is 11.5. The molecule has 0 bridgehead atoms. The molecule has 1 amide bonds. The Hall–Kier alpha value is -1.33. The predicted molar refractivity (Wildman–Crippen MR) is 72.8 cm³/mol. The number of halogens is 2. The van der Waals surface area contributed by atoms with Gasteiger partial charge in [0.1, 0.15) is 5.02 Å². The fraction of sp³-hybridized carbons (Fsp3) is 0.417. The third-order valence-corrected chi connectivity index (χ3v) is 3.80. The summed E-state index contributed by atoms with van der Waals surface area (Å²) in [5.74, 6) is 0.339. The minimum absolute atomic E-state index is 0.00297. The molecule has 0 spiro atoms. The number of nitrogens with zero attached hydrogens (tertiary/aromatic N) is 1. The summed E-state index contributed by atoms with van der Waals surface area (Å²) in [5, 5.41) is 13.4. The number of benzene rings is 1. The maximum Gasteiger partial charge on any atom is 0.290 e. The molecule has 0 aromatic heterocycles. The van der Waals surface area contributed by atoms with Crippen molar-refractivity contribution < 1.29 is 9.72 Å². The number of nitro benzene ring substituents is 1. The maximum atomic E-state index is 11.8. The molecule has 1 aliphatic carbocycles. The molecule has 19 heavy (non-hydrogen) atoms. The van der Waals surface area contributed by atoms with Crippen LogP contribution < -0.4 is 5.32 Å². The average Bonchev–Trinajstić information content (AvgIpc) is 3.15. The standard InChI is InChI=1S/C12H12Cl2N2O3/c13-9-5-8(6-10(11(9)14)16(18)19)12(17)15-4-3-7-1-2-7/h5-7H,1-4H2,(H,15,17). The molecule has 2 rings (SSSR count). The van der Waals surface area contributed by atoms with Crippen molar-refractivity contribution >= 4 is 34.8 Å². The highest BCUT2D eigenvalue weighted by Gasteiger charge is 2.22. The Balaban J connectivity index is 2.09. The number of carbonyl (C=O) groups excluding carboxylic acids is 1. The van der Waals surface area contributed by atoms with Gasteiger partial charge in [0.2, 0.25) is 0 Å². The lowest BCUT2D eigenvalue weighted by atomic mass is 10.2. The fourth-order valence-electron chi connectivity index (χ4n) is 1.74. The van der Waals surface area contributed by atoms with Crippen molar-refractivity contribution in [1.82, 2.24) is 5.32 Å². The first-order chi connectivity index (χ1) is 8.99. The number of nitrogens with one attached hydrogen (secondary N) is 1. The second-order valence-electron chi connectivity index (χ2n) is 4.54. The van der Waals surface area contributed by atoms with Crippen LogP contribution in [0.4, 0.5) is 5.69 Å². The molecule has 7 heteroatoms. The largest absolute Gasteiger partial charge is 0.352 e. The zero-order valence-electron chi connectivity index (χ0n) is 9.99. The van der Waals surface area contributed by atoms with Crippen molar-refractivity contribution in [3.05, 3.63) is 37.9 Å². The minimum atomic E-state index is -0.658. The Labute approximate surface area is 120 Å². The summed E-state index contributed by atoms with van der Waals surface area (Å²) in [4.78, 5) is 22.0. The Morgan fingerprint density at radius 3 is 2.68 bits per heavy atom. The molecule has 1 aliphatic rings. The van der Waals surface area contributed by atoms with Crippen molar-refractivity contribution in [2.24, 2.45) is 5.92 Å². The highest BCUT2D eigenvalue weighted by Crippen LogP contribution is 2.33. The number of hydrogen-bond acceptors (Lipinski definition) is 3. The topological polar surface area (TPSA) is 72.2 Å². The van der Waals surface area contributed by atoms with Gasteiger partial charge in [-0.05, 0) is 18.4 Å². The third kappa shape index (κ3) is 3.58. The molecule has 0 radical (unpaired) electrons. The molecule has 1 aromatic rings. The van der Waals surface area contributed by atoms with Crippen molar-refractivity contribution in [2.45, 2.75) is 19.3 Å². The summed E-state index contributed by atoms with van der Waals surface area (Å²) in [6.07, 6.45) is 3.37. The van der Waals surface area contributed by atoms with E-state index in [1.165, 1.54) is 18.9 Å². The highest BCUT2D eigenvalue weighted by atomic mass is 35.5. The zero-order valence-corrected chi connectivity index (χ0v) is 11.5. The summed E-state index contributed by atoms with van der Waals surface area (Å²) in [7, 11) is 0. The normalized spacial score (nSPS) is 14.2. The number of nitro groups is 1. The van der Waals surface area contributed by atoms with Crippen LogP contribution in [0.2, 0.25) is 10.0 Å². The van der Waals surface area contributed by atoms with Gasteiger partial charge in [-0.2, -0.15) is 0 Å². The van der Waals surface area contributed by atoms with Crippen LogP contribution in [0.1, 0.15) is 29.6 Å². The second kappa shape index (κ2) is 5.75. The molecular weight excluding hydrogens is 291 g/mol. The summed E-state index contributed by atoms with van der Waals surface area (Å²) in [6.45, 7) is 0.567. The van der Waals surface area contributed by atoms with Crippen LogP contribution in [0.5, 0.6) is 0 Å². The monoisotopic (exact) mass is 302 g/mol. The molecule has 0 atom stereocenters.